The normalized spacial score (nSPS) is 22.8. The largest absolute Gasteiger partial charge is 0.355 e. The summed E-state index contributed by atoms with van der Waals surface area (Å²) in [5.41, 5.74) is 0. The molecule has 3 rings (SSSR count). The van der Waals surface area contributed by atoms with Gasteiger partial charge in [0.1, 0.15) is 0 Å². The minimum absolute atomic E-state index is 0.239. The fourth-order valence-corrected chi connectivity index (χ4v) is 5.42. The molecule has 2 fully saturated rings. The van der Waals surface area contributed by atoms with E-state index in [1.807, 2.05) is 6.07 Å². The fraction of sp³-hybridized carbons (Fsp3) is 0.750. The molecular formula is C20H32ClN3OS. The summed E-state index contributed by atoms with van der Waals surface area (Å²) in [6, 6.07) is 4.67. The van der Waals surface area contributed by atoms with Gasteiger partial charge in [-0.3, -0.25) is 14.6 Å². The van der Waals surface area contributed by atoms with Gasteiger partial charge in [-0.25, -0.2) is 0 Å². The summed E-state index contributed by atoms with van der Waals surface area (Å²) in [7, 11) is 0. The van der Waals surface area contributed by atoms with Gasteiger partial charge in [-0.1, -0.05) is 18.5 Å². The van der Waals surface area contributed by atoms with E-state index >= 15 is 0 Å². The number of nitrogens with zero attached hydrogens (tertiary/aromatic N) is 2. The highest BCUT2D eigenvalue weighted by Gasteiger charge is 2.24. The van der Waals surface area contributed by atoms with E-state index in [0.717, 1.165) is 43.5 Å². The van der Waals surface area contributed by atoms with Crippen LogP contribution in [0.1, 0.15) is 50.3 Å². The summed E-state index contributed by atoms with van der Waals surface area (Å²) in [5, 5.41) is 3.17. The van der Waals surface area contributed by atoms with Crippen LogP contribution in [0.4, 0.5) is 0 Å². The molecule has 0 radical (unpaired) electrons. The van der Waals surface area contributed by atoms with Gasteiger partial charge in [0.2, 0.25) is 5.91 Å². The number of halogens is 1. The molecule has 0 aliphatic carbocycles. The molecule has 26 heavy (non-hydrogen) atoms. The number of thiophene rings is 1. The first-order chi connectivity index (χ1) is 12.6. The fourth-order valence-electron chi connectivity index (χ4n) is 4.29. The Labute approximate surface area is 166 Å². The number of piperidine rings is 1. The molecule has 6 heteroatoms. The third-order valence-electron chi connectivity index (χ3n) is 5.94. The van der Waals surface area contributed by atoms with E-state index in [-0.39, 0.29) is 5.91 Å². The lowest BCUT2D eigenvalue weighted by molar-refractivity contribution is -0.121. The lowest BCUT2D eigenvalue weighted by atomic mass is 9.92. The first kappa shape index (κ1) is 20.1. The second-order valence-corrected chi connectivity index (χ2v) is 9.49. The second kappa shape index (κ2) is 10.1. The van der Waals surface area contributed by atoms with Gasteiger partial charge in [-0.05, 0) is 76.3 Å². The van der Waals surface area contributed by atoms with Crippen LogP contribution >= 0.6 is 22.9 Å². The van der Waals surface area contributed by atoms with Crippen LogP contribution in [0, 0.1) is 5.92 Å². The summed E-state index contributed by atoms with van der Waals surface area (Å²) in [4.78, 5) is 18.5. The number of amides is 1. The van der Waals surface area contributed by atoms with E-state index in [2.05, 4.69) is 28.1 Å². The van der Waals surface area contributed by atoms with Crippen LogP contribution in [0.25, 0.3) is 0 Å². The number of hydrogen-bond donors (Lipinski definition) is 1. The van der Waals surface area contributed by atoms with Crippen molar-refractivity contribution in [1.29, 1.82) is 0 Å². The van der Waals surface area contributed by atoms with Crippen molar-refractivity contribution >= 4 is 28.8 Å². The third kappa shape index (κ3) is 5.95. The summed E-state index contributed by atoms with van der Waals surface area (Å²) in [5.74, 6) is 0.936. The quantitative estimate of drug-likeness (QED) is 0.720. The molecule has 4 nitrogen and oxygen atoms in total. The predicted molar refractivity (Wildman–Crippen MR) is 110 cm³/mol. The van der Waals surface area contributed by atoms with Crippen LogP contribution in [-0.2, 0) is 11.3 Å². The Morgan fingerprint density at radius 1 is 1.27 bits per heavy atom. The number of hydrogen-bond acceptors (Lipinski definition) is 4. The number of rotatable bonds is 8. The van der Waals surface area contributed by atoms with Crippen molar-refractivity contribution in [3.63, 3.8) is 0 Å². The minimum atomic E-state index is 0.239. The molecule has 2 aliphatic rings. The standard InChI is InChI=1S/C20H32ClN3OS/c1-2-24-11-3-4-17(24)14-22-20(25)8-5-16-9-12-23(13-10-16)15-18-6-7-19(21)26-18/h6-7,16-17H,2-5,8-15H2,1H3,(H,22,25)/t17-/m0/s1. The first-order valence-electron chi connectivity index (χ1n) is 10.1. The Kier molecular flexibility index (Phi) is 7.79. The van der Waals surface area contributed by atoms with Crippen LogP contribution in [0.2, 0.25) is 4.34 Å². The van der Waals surface area contributed by atoms with Crippen molar-refractivity contribution in [2.45, 2.75) is 58.0 Å². The molecule has 2 saturated heterocycles. The van der Waals surface area contributed by atoms with Gasteiger partial charge in [-0.2, -0.15) is 0 Å². The highest BCUT2D eigenvalue weighted by Crippen LogP contribution is 2.26. The van der Waals surface area contributed by atoms with E-state index in [0.29, 0.717) is 18.4 Å². The van der Waals surface area contributed by atoms with E-state index in [1.54, 1.807) is 11.3 Å². The highest BCUT2D eigenvalue weighted by molar-refractivity contribution is 7.16. The monoisotopic (exact) mass is 397 g/mol. The summed E-state index contributed by atoms with van der Waals surface area (Å²) >= 11 is 7.70. The Morgan fingerprint density at radius 3 is 2.77 bits per heavy atom. The molecule has 0 aromatic carbocycles. The maximum atomic E-state index is 12.2. The molecule has 1 atom stereocenters. The Balaban J connectivity index is 1.29. The number of carbonyl (C=O) groups is 1. The predicted octanol–water partition coefficient (Wildman–Crippen LogP) is 3.99. The van der Waals surface area contributed by atoms with Crippen molar-refractivity contribution in [1.82, 2.24) is 15.1 Å². The molecule has 1 aromatic rings. The van der Waals surface area contributed by atoms with E-state index in [4.69, 9.17) is 11.6 Å². The molecule has 1 amide bonds. The molecule has 2 aliphatic heterocycles. The van der Waals surface area contributed by atoms with Gasteiger partial charge in [0.25, 0.3) is 0 Å². The van der Waals surface area contributed by atoms with Crippen LogP contribution in [-0.4, -0.2) is 54.5 Å². The maximum absolute atomic E-state index is 12.2. The molecular weight excluding hydrogens is 366 g/mol. The van der Waals surface area contributed by atoms with Gasteiger partial charge < -0.3 is 5.32 Å². The lowest BCUT2D eigenvalue weighted by Gasteiger charge is -2.31. The molecule has 0 saturated carbocycles. The number of nitrogens with one attached hydrogen (secondary N) is 1. The maximum Gasteiger partial charge on any atom is 0.220 e. The van der Waals surface area contributed by atoms with Crippen LogP contribution in [0.15, 0.2) is 12.1 Å². The second-order valence-electron chi connectivity index (χ2n) is 7.69. The third-order valence-corrected chi connectivity index (χ3v) is 7.15. The molecule has 0 unspecified atom stereocenters. The summed E-state index contributed by atoms with van der Waals surface area (Å²) in [6.45, 7) is 8.60. The number of carbonyl (C=O) groups excluding carboxylic acids is 1. The van der Waals surface area contributed by atoms with Gasteiger partial charge >= 0.3 is 0 Å². The SMILES string of the molecule is CCN1CCC[C@H]1CNC(=O)CCC1CCN(Cc2ccc(Cl)s2)CC1. The molecule has 0 bridgehead atoms. The molecule has 0 spiro atoms. The molecule has 146 valence electrons. The van der Waals surface area contributed by atoms with Crippen molar-refractivity contribution in [2.75, 3.05) is 32.7 Å². The van der Waals surface area contributed by atoms with Crippen LogP contribution in [0.5, 0.6) is 0 Å². The van der Waals surface area contributed by atoms with Crippen LogP contribution in [0.3, 0.4) is 0 Å². The van der Waals surface area contributed by atoms with E-state index in [9.17, 15) is 4.79 Å². The molecule has 1 aromatic heterocycles. The zero-order valence-corrected chi connectivity index (χ0v) is 17.5. The van der Waals surface area contributed by atoms with Gasteiger partial charge in [-0.15, -0.1) is 11.3 Å². The number of likely N-dealkylation sites (tertiary alicyclic amines) is 2. The van der Waals surface area contributed by atoms with Crippen molar-refractivity contribution < 1.29 is 4.79 Å². The summed E-state index contributed by atoms with van der Waals surface area (Å²) < 4.78 is 0.876. The zero-order valence-electron chi connectivity index (χ0n) is 15.9. The van der Waals surface area contributed by atoms with E-state index < -0.39 is 0 Å². The van der Waals surface area contributed by atoms with Gasteiger partial charge in [0, 0.05) is 30.4 Å². The van der Waals surface area contributed by atoms with Crippen LogP contribution < -0.4 is 5.32 Å². The zero-order chi connectivity index (χ0) is 18.4. The van der Waals surface area contributed by atoms with Crippen molar-refractivity contribution in [2.24, 2.45) is 5.92 Å². The van der Waals surface area contributed by atoms with E-state index in [1.165, 1.54) is 37.1 Å². The van der Waals surface area contributed by atoms with Gasteiger partial charge in [0.15, 0.2) is 0 Å². The Hall–Kier alpha value is -0.620. The number of likely N-dealkylation sites (N-methyl/N-ethyl adjacent to an activating group) is 1. The molecule has 3 heterocycles. The average Bonchev–Trinajstić information content (AvgIpc) is 3.27. The first-order valence-corrected chi connectivity index (χ1v) is 11.3. The highest BCUT2D eigenvalue weighted by atomic mass is 35.5. The van der Waals surface area contributed by atoms with Crippen molar-refractivity contribution in [3.05, 3.63) is 21.3 Å². The summed E-state index contributed by atoms with van der Waals surface area (Å²) in [6.07, 6.45) is 6.63. The van der Waals surface area contributed by atoms with Crippen molar-refractivity contribution in [3.8, 4) is 0 Å². The van der Waals surface area contributed by atoms with Gasteiger partial charge in [0.05, 0.1) is 4.34 Å². The average molecular weight is 398 g/mol. The smallest absolute Gasteiger partial charge is 0.220 e. The lowest BCUT2D eigenvalue weighted by Crippen LogP contribution is -2.40. The topological polar surface area (TPSA) is 35.6 Å². The minimum Gasteiger partial charge on any atom is -0.355 e. The Morgan fingerprint density at radius 2 is 2.08 bits per heavy atom. The molecule has 1 N–H and O–H groups in total. The Bertz CT molecular complexity index is 571.